The SMILES string of the molecule is FC(F)(F)c1ccc2nc(N3CCN(c4cccc(Cl)n4)CC3)[nH]c2c1. The summed E-state index contributed by atoms with van der Waals surface area (Å²) in [6, 6.07) is 9.03. The fraction of sp³-hybridized carbons (Fsp3) is 0.294. The van der Waals surface area contributed by atoms with E-state index in [1.165, 1.54) is 6.07 Å². The number of imidazole rings is 1. The summed E-state index contributed by atoms with van der Waals surface area (Å²) in [5, 5.41) is 0.447. The molecular formula is C17H15ClF3N5. The van der Waals surface area contributed by atoms with Crippen LogP contribution < -0.4 is 9.80 Å². The van der Waals surface area contributed by atoms with Crippen molar-refractivity contribution >= 4 is 34.4 Å². The lowest BCUT2D eigenvalue weighted by atomic mass is 10.2. The molecule has 4 rings (SSSR count). The number of hydrogen-bond donors (Lipinski definition) is 1. The average molecular weight is 382 g/mol. The van der Waals surface area contributed by atoms with E-state index >= 15 is 0 Å². The summed E-state index contributed by atoms with van der Waals surface area (Å²) in [6.07, 6.45) is -4.37. The van der Waals surface area contributed by atoms with Crippen molar-refractivity contribution in [3.63, 3.8) is 0 Å². The number of halogens is 4. The molecule has 9 heteroatoms. The summed E-state index contributed by atoms with van der Waals surface area (Å²) in [7, 11) is 0. The molecular weight excluding hydrogens is 367 g/mol. The van der Waals surface area contributed by atoms with Crippen molar-refractivity contribution in [1.29, 1.82) is 0 Å². The van der Waals surface area contributed by atoms with Gasteiger partial charge in [0.25, 0.3) is 0 Å². The van der Waals surface area contributed by atoms with E-state index < -0.39 is 11.7 Å². The summed E-state index contributed by atoms with van der Waals surface area (Å²) < 4.78 is 38.5. The van der Waals surface area contributed by atoms with Gasteiger partial charge >= 0.3 is 6.18 Å². The number of alkyl halides is 3. The summed E-state index contributed by atoms with van der Waals surface area (Å²) in [5.74, 6) is 1.40. The number of nitrogens with zero attached hydrogens (tertiary/aromatic N) is 4. The van der Waals surface area contributed by atoms with Crippen LogP contribution >= 0.6 is 11.6 Å². The highest BCUT2D eigenvalue weighted by Gasteiger charge is 2.31. The highest BCUT2D eigenvalue weighted by molar-refractivity contribution is 6.29. The zero-order chi connectivity index (χ0) is 18.3. The number of fused-ring (bicyclic) bond motifs is 1. The fourth-order valence-electron chi connectivity index (χ4n) is 3.04. The Balaban J connectivity index is 1.50. The quantitative estimate of drug-likeness (QED) is 0.683. The third-order valence-corrected chi connectivity index (χ3v) is 4.61. The lowest BCUT2D eigenvalue weighted by Crippen LogP contribution is -2.47. The monoisotopic (exact) mass is 381 g/mol. The zero-order valence-electron chi connectivity index (χ0n) is 13.6. The molecule has 0 bridgehead atoms. The zero-order valence-corrected chi connectivity index (χ0v) is 14.3. The Hall–Kier alpha value is -2.48. The second kappa shape index (κ2) is 6.35. The van der Waals surface area contributed by atoms with Gasteiger partial charge < -0.3 is 14.8 Å². The van der Waals surface area contributed by atoms with E-state index in [0.29, 0.717) is 35.2 Å². The van der Waals surface area contributed by atoms with Crippen LogP contribution in [0.4, 0.5) is 24.9 Å². The molecule has 1 saturated heterocycles. The molecule has 136 valence electrons. The van der Waals surface area contributed by atoms with Crippen LogP contribution in [-0.2, 0) is 6.18 Å². The van der Waals surface area contributed by atoms with Gasteiger partial charge in [-0.15, -0.1) is 0 Å². The molecule has 1 aliphatic heterocycles. The second-order valence-electron chi connectivity index (χ2n) is 6.08. The molecule has 3 heterocycles. The lowest BCUT2D eigenvalue weighted by Gasteiger charge is -2.35. The van der Waals surface area contributed by atoms with E-state index in [-0.39, 0.29) is 0 Å². The highest BCUT2D eigenvalue weighted by Crippen LogP contribution is 2.31. The van der Waals surface area contributed by atoms with Gasteiger partial charge in [0.05, 0.1) is 16.6 Å². The standard InChI is InChI=1S/C17H15ClF3N5/c18-14-2-1-3-15(24-14)25-6-8-26(9-7-25)16-22-12-5-4-11(17(19,20)21)10-13(12)23-16/h1-5,10H,6-9H2,(H,22,23). The van der Waals surface area contributed by atoms with Gasteiger partial charge in [-0.25, -0.2) is 9.97 Å². The van der Waals surface area contributed by atoms with Crippen LogP contribution in [0.2, 0.25) is 5.15 Å². The topological polar surface area (TPSA) is 48.1 Å². The van der Waals surface area contributed by atoms with Crippen molar-refractivity contribution in [3.8, 4) is 0 Å². The number of piperazine rings is 1. The first-order chi connectivity index (χ1) is 12.4. The molecule has 1 aliphatic rings. The molecule has 5 nitrogen and oxygen atoms in total. The molecule has 0 spiro atoms. The number of H-pyrrole nitrogens is 1. The van der Waals surface area contributed by atoms with E-state index in [4.69, 9.17) is 11.6 Å². The summed E-state index contributed by atoms with van der Waals surface area (Å²) in [5.41, 5.74) is 0.220. The molecule has 0 atom stereocenters. The van der Waals surface area contributed by atoms with E-state index in [0.717, 1.165) is 31.0 Å². The third-order valence-electron chi connectivity index (χ3n) is 4.40. The van der Waals surface area contributed by atoms with Crippen molar-refractivity contribution < 1.29 is 13.2 Å². The predicted octanol–water partition coefficient (Wildman–Crippen LogP) is 3.96. The maximum atomic E-state index is 12.8. The number of nitrogens with one attached hydrogen (secondary N) is 1. The first-order valence-electron chi connectivity index (χ1n) is 8.09. The maximum absolute atomic E-state index is 12.8. The fourth-order valence-corrected chi connectivity index (χ4v) is 3.20. The lowest BCUT2D eigenvalue weighted by molar-refractivity contribution is -0.137. The molecule has 0 aliphatic carbocycles. The number of anilines is 2. The van der Waals surface area contributed by atoms with Crippen molar-refractivity contribution in [2.24, 2.45) is 0 Å². The van der Waals surface area contributed by atoms with Crippen molar-refractivity contribution in [2.75, 3.05) is 36.0 Å². The van der Waals surface area contributed by atoms with Crippen LogP contribution in [0.5, 0.6) is 0 Å². The molecule has 0 radical (unpaired) electrons. The van der Waals surface area contributed by atoms with Gasteiger partial charge in [0.1, 0.15) is 11.0 Å². The average Bonchev–Trinajstić information content (AvgIpc) is 3.04. The van der Waals surface area contributed by atoms with Crippen molar-refractivity contribution in [1.82, 2.24) is 15.0 Å². The minimum Gasteiger partial charge on any atom is -0.353 e. The van der Waals surface area contributed by atoms with E-state index in [1.807, 2.05) is 17.0 Å². The summed E-state index contributed by atoms with van der Waals surface area (Å²) in [4.78, 5) is 15.9. The Kier molecular flexibility index (Phi) is 4.14. The minimum absolute atomic E-state index is 0.383. The van der Waals surface area contributed by atoms with Gasteiger partial charge in [-0.3, -0.25) is 0 Å². The number of aromatic nitrogens is 3. The second-order valence-corrected chi connectivity index (χ2v) is 6.47. The molecule has 3 aromatic rings. The summed E-state index contributed by atoms with van der Waals surface area (Å²) >= 11 is 5.94. The Morgan fingerprint density at radius 1 is 0.962 bits per heavy atom. The normalized spacial score (nSPS) is 15.7. The van der Waals surface area contributed by atoms with Crippen molar-refractivity contribution in [3.05, 3.63) is 47.1 Å². The molecule has 0 amide bonds. The molecule has 2 aromatic heterocycles. The highest BCUT2D eigenvalue weighted by atomic mass is 35.5. The molecule has 0 saturated carbocycles. The van der Waals surface area contributed by atoms with Gasteiger partial charge in [0.15, 0.2) is 0 Å². The number of hydrogen-bond acceptors (Lipinski definition) is 4. The van der Waals surface area contributed by atoms with Gasteiger partial charge in [-0.05, 0) is 30.3 Å². The Morgan fingerprint density at radius 3 is 2.38 bits per heavy atom. The predicted molar refractivity (Wildman–Crippen MR) is 94.8 cm³/mol. The van der Waals surface area contributed by atoms with E-state index in [2.05, 4.69) is 19.9 Å². The van der Waals surface area contributed by atoms with Crippen LogP contribution in [0, 0.1) is 0 Å². The first-order valence-corrected chi connectivity index (χ1v) is 8.47. The smallest absolute Gasteiger partial charge is 0.353 e. The number of aromatic amines is 1. The van der Waals surface area contributed by atoms with Gasteiger partial charge in [0, 0.05) is 26.2 Å². The van der Waals surface area contributed by atoms with Crippen LogP contribution in [0.3, 0.4) is 0 Å². The minimum atomic E-state index is -4.37. The third kappa shape index (κ3) is 3.29. The molecule has 1 aromatic carbocycles. The maximum Gasteiger partial charge on any atom is 0.416 e. The molecule has 1 fully saturated rings. The van der Waals surface area contributed by atoms with Gasteiger partial charge in [0.2, 0.25) is 5.95 Å². The summed E-state index contributed by atoms with van der Waals surface area (Å²) in [6.45, 7) is 2.80. The van der Waals surface area contributed by atoms with Crippen LogP contribution in [0.25, 0.3) is 11.0 Å². The van der Waals surface area contributed by atoms with Crippen LogP contribution in [-0.4, -0.2) is 41.1 Å². The number of rotatable bonds is 2. The van der Waals surface area contributed by atoms with Gasteiger partial charge in [-0.1, -0.05) is 17.7 Å². The molecule has 1 N–H and O–H groups in total. The number of benzene rings is 1. The Morgan fingerprint density at radius 2 is 1.69 bits per heavy atom. The van der Waals surface area contributed by atoms with E-state index in [1.54, 1.807) is 6.07 Å². The first kappa shape index (κ1) is 17.0. The largest absolute Gasteiger partial charge is 0.416 e. The van der Waals surface area contributed by atoms with Crippen LogP contribution in [0.1, 0.15) is 5.56 Å². The van der Waals surface area contributed by atoms with Gasteiger partial charge in [-0.2, -0.15) is 13.2 Å². The Bertz CT molecular complexity index is 932. The van der Waals surface area contributed by atoms with Crippen molar-refractivity contribution in [2.45, 2.75) is 6.18 Å². The van der Waals surface area contributed by atoms with Crippen LogP contribution in [0.15, 0.2) is 36.4 Å². The number of pyridine rings is 1. The molecule has 0 unspecified atom stereocenters. The Labute approximate surface area is 152 Å². The molecule has 26 heavy (non-hydrogen) atoms. The van der Waals surface area contributed by atoms with E-state index in [9.17, 15) is 13.2 Å².